The summed E-state index contributed by atoms with van der Waals surface area (Å²) in [4.78, 5) is 4.73. The number of aromatic nitrogens is 3. The largest absolute Gasteiger partial charge is 0.493 e. The molecule has 0 aliphatic carbocycles. The Kier molecular flexibility index (Phi) is 6.09. The number of rotatable bonds is 6. The molecule has 2 aliphatic rings. The summed E-state index contributed by atoms with van der Waals surface area (Å²) in [5.41, 5.74) is 2.65. The number of aliphatic imine (C=N–C) groups is 1. The van der Waals surface area contributed by atoms with Crippen LogP contribution in [0.3, 0.4) is 0 Å². The molecule has 1 aromatic carbocycles. The molecule has 4 rings (SSSR count). The summed E-state index contributed by atoms with van der Waals surface area (Å²) in [6.45, 7) is 6.13. The minimum absolute atomic E-state index is 0.554. The molecule has 150 valence electrons. The number of hydrogen-bond donors (Lipinski definition) is 2. The Labute approximate surface area is 166 Å². The summed E-state index contributed by atoms with van der Waals surface area (Å²) in [5.74, 6) is 3.95. The second-order valence-electron chi connectivity index (χ2n) is 7.41. The summed E-state index contributed by atoms with van der Waals surface area (Å²) >= 11 is 0. The Balaban J connectivity index is 1.34. The number of ether oxygens (including phenoxy) is 1. The molecule has 2 aromatic rings. The highest BCUT2D eigenvalue weighted by Crippen LogP contribution is 2.25. The molecule has 0 saturated heterocycles. The van der Waals surface area contributed by atoms with E-state index in [1.807, 2.05) is 0 Å². The standard InChI is InChI=1S/C21H30N6O/c1-2-22-21(23-11-9-16-7-8-18-17(14-16)10-13-28-18)24-15-20-26-25-19-6-4-3-5-12-27(19)20/h7-8,14H,2-6,9-13,15H2,1H3,(H2,22,23,24). The predicted octanol–water partition coefficient (Wildman–Crippen LogP) is 2.24. The van der Waals surface area contributed by atoms with Crippen LogP contribution in [0.5, 0.6) is 5.75 Å². The average molecular weight is 383 g/mol. The van der Waals surface area contributed by atoms with Crippen LogP contribution in [-0.2, 0) is 32.4 Å². The molecule has 1 aromatic heterocycles. The minimum atomic E-state index is 0.554. The number of fused-ring (bicyclic) bond motifs is 2. The molecule has 7 nitrogen and oxygen atoms in total. The zero-order chi connectivity index (χ0) is 19.2. The molecule has 0 bridgehead atoms. The number of benzene rings is 1. The molecule has 0 radical (unpaired) electrons. The van der Waals surface area contributed by atoms with E-state index >= 15 is 0 Å². The van der Waals surface area contributed by atoms with Crippen molar-refractivity contribution >= 4 is 5.96 Å². The van der Waals surface area contributed by atoms with Gasteiger partial charge in [-0.2, -0.15) is 0 Å². The number of nitrogens with zero attached hydrogens (tertiary/aromatic N) is 4. The monoisotopic (exact) mass is 382 g/mol. The highest BCUT2D eigenvalue weighted by molar-refractivity contribution is 5.79. The zero-order valence-corrected chi connectivity index (χ0v) is 16.7. The lowest BCUT2D eigenvalue weighted by Gasteiger charge is -2.12. The lowest BCUT2D eigenvalue weighted by molar-refractivity contribution is 0.357. The Morgan fingerprint density at radius 1 is 1.18 bits per heavy atom. The minimum Gasteiger partial charge on any atom is -0.493 e. The van der Waals surface area contributed by atoms with Crippen molar-refractivity contribution in [3.8, 4) is 5.75 Å². The third-order valence-electron chi connectivity index (χ3n) is 5.37. The van der Waals surface area contributed by atoms with Crippen molar-refractivity contribution in [3.63, 3.8) is 0 Å². The van der Waals surface area contributed by atoms with E-state index in [0.717, 1.165) is 68.9 Å². The van der Waals surface area contributed by atoms with Crippen LogP contribution in [0.2, 0.25) is 0 Å². The first-order valence-corrected chi connectivity index (χ1v) is 10.5. The molecular formula is C21H30N6O. The van der Waals surface area contributed by atoms with Gasteiger partial charge in [0.1, 0.15) is 18.1 Å². The molecule has 0 saturated carbocycles. The lowest BCUT2D eigenvalue weighted by atomic mass is 10.1. The highest BCUT2D eigenvalue weighted by atomic mass is 16.5. The van der Waals surface area contributed by atoms with Crippen LogP contribution in [0.1, 0.15) is 49.0 Å². The molecule has 7 heteroatoms. The molecular weight excluding hydrogens is 352 g/mol. The van der Waals surface area contributed by atoms with Gasteiger partial charge in [0.05, 0.1) is 6.61 Å². The van der Waals surface area contributed by atoms with Gasteiger partial charge in [-0.25, -0.2) is 4.99 Å². The topological polar surface area (TPSA) is 76.4 Å². The van der Waals surface area contributed by atoms with Gasteiger partial charge in [0.25, 0.3) is 0 Å². The van der Waals surface area contributed by atoms with E-state index in [9.17, 15) is 0 Å². The normalized spacial score (nSPS) is 16.1. The Hall–Kier alpha value is -2.57. The van der Waals surface area contributed by atoms with Crippen molar-refractivity contribution < 1.29 is 4.74 Å². The van der Waals surface area contributed by atoms with Gasteiger partial charge in [-0.15, -0.1) is 10.2 Å². The van der Waals surface area contributed by atoms with E-state index in [2.05, 4.69) is 50.5 Å². The van der Waals surface area contributed by atoms with E-state index in [1.165, 1.54) is 30.4 Å². The summed E-state index contributed by atoms with van der Waals surface area (Å²) in [6, 6.07) is 6.51. The Bertz CT molecular complexity index is 828. The van der Waals surface area contributed by atoms with Gasteiger partial charge in [-0.05, 0) is 43.4 Å². The van der Waals surface area contributed by atoms with Crippen molar-refractivity contribution in [2.75, 3.05) is 19.7 Å². The van der Waals surface area contributed by atoms with Crippen LogP contribution in [0.15, 0.2) is 23.2 Å². The van der Waals surface area contributed by atoms with Gasteiger partial charge in [0.2, 0.25) is 0 Å². The molecule has 2 N–H and O–H groups in total. The van der Waals surface area contributed by atoms with E-state index in [4.69, 9.17) is 9.73 Å². The smallest absolute Gasteiger partial charge is 0.191 e. The number of guanidine groups is 1. The van der Waals surface area contributed by atoms with E-state index in [-0.39, 0.29) is 0 Å². The molecule has 0 spiro atoms. The van der Waals surface area contributed by atoms with Crippen LogP contribution in [0.4, 0.5) is 0 Å². The fraction of sp³-hybridized carbons (Fsp3) is 0.571. The third-order valence-corrected chi connectivity index (χ3v) is 5.37. The Morgan fingerprint density at radius 2 is 2.14 bits per heavy atom. The molecule has 0 amide bonds. The first-order chi connectivity index (χ1) is 13.8. The van der Waals surface area contributed by atoms with Gasteiger partial charge in [0.15, 0.2) is 11.8 Å². The van der Waals surface area contributed by atoms with Crippen LogP contribution >= 0.6 is 0 Å². The second kappa shape index (κ2) is 9.08. The molecule has 0 atom stereocenters. The maximum Gasteiger partial charge on any atom is 0.191 e. The third kappa shape index (κ3) is 4.46. The van der Waals surface area contributed by atoms with Crippen molar-refractivity contribution in [1.29, 1.82) is 0 Å². The maximum absolute atomic E-state index is 5.58. The number of nitrogens with one attached hydrogen (secondary N) is 2. The first kappa shape index (κ1) is 18.8. The van der Waals surface area contributed by atoms with E-state index in [0.29, 0.717) is 6.54 Å². The van der Waals surface area contributed by atoms with Crippen LogP contribution in [0, 0.1) is 0 Å². The molecule has 2 aliphatic heterocycles. The number of aryl methyl sites for hydroxylation is 1. The summed E-state index contributed by atoms with van der Waals surface area (Å²) < 4.78 is 7.84. The van der Waals surface area contributed by atoms with Gasteiger partial charge in [-0.3, -0.25) is 0 Å². The summed E-state index contributed by atoms with van der Waals surface area (Å²) in [6.07, 6.45) is 6.68. The average Bonchev–Trinajstić information content (AvgIpc) is 3.26. The summed E-state index contributed by atoms with van der Waals surface area (Å²) in [7, 11) is 0. The van der Waals surface area contributed by atoms with Gasteiger partial charge >= 0.3 is 0 Å². The molecule has 0 fully saturated rings. The molecule has 0 unspecified atom stereocenters. The maximum atomic E-state index is 5.58. The first-order valence-electron chi connectivity index (χ1n) is 10.5. The quantitative estimate of drug-likeness (QED) is 0.592. The molecule has 3 heterocycles. The van der Waals surface area contributed by atoms with Crippen molar-refractivity contribution in [2.24, 2.45) is 4.99 Å². The van der Waals surface area contributed by atoms with Crippen LogP contribution < -0.4 is 15.4 Å². The van der Waals surface area contributed by atoms with Gasteiger partial charge in [-0.1, -0.05) is 18.6 Å². The summed E-state index contributed by atoms with van der Waals surface area (Å²) in [5, 5.41) is 15.5. The van der Waals surface area contributed by atoms with Crippen LogP contribution in [-0.4, -0.2) is 40.4 Å². The highest BCUT2D eigenvalue weighted by Gasteiger charge is 2.14. The predicted molar refractivity (Wildman–Crippen MR) is 110 cm³/mol. The SMILES string of the molecule is CCNC(=NCc1nnc2n1CCCCC2)NCCc1ccc2c(c1)CCO2. The Morgan fingerprint density at radius 3 is 3.07 bits per heavy atom. The lowest BCUT2D eigenvalue weighted by Crippen LogP contribution is -2.38. The van der Waals surface area contributed by atoms with Crippen molar-refractivity contribution in [1.82, 2.24) is 25.4 Å². The molecule has 28 heavy (non-hydrogen) atoms. The second-order valence-corrected chi connectivity index (χ2v) is 7.41. The van der Waals surface area contributed by atoms with Crippen molar-refractivity contribution in [3.05, 3.63) is 41.0 Å². The zero-order valence-electron chi connectivity index (χ0n) is 16.7. The fourth-order valence-corrected chi connectivity index (χ4v) is 3.87. The van der Waals surface area contributed by atoms with Crippen LogP contribution in [0.25, 0.3) is 0 Å². The number of hydrogen-bond acceptors (Lipinski definition) is 4. The van der Waals surface area contributed by atoms with Gasteiger partial charge < -0.3 is 19.9 Å². The van der Waals surface area contributed by atoms with E-state index < -0.39 is 0 Å². The van der Waals surface area contributed by atoms with Gasteiger partial charge in [0, 0.05) is 32.5 Å². The fourth-order valence-electron chi connectivity index (χ4n) is 3.87. The van der Waals surface area contributed by atoms with E-state index in [1.54, 1.807) is 0 Å². The van der Waals surface area contributed by atoms with Crippen molar-refractivity contribution in [2.45, 2.75) is 58.5 Å².